The SMILES string of the molecule is CCCCc1cccc(C(=O)NC[C@@H](N)C(=O)O)c1. The maximum absolute atomic E-state index is 11.8. The minimum absolute atomic E-state index is 0.0760. The van der Waals surface area contributed by atoms with Gasteiger partial charge in [0.1, 0.15) is 6.04 Å². The van der Waals surface area contributed by atoms with E-state index in [0.29, 0.717) is 5.56 Å². The summed E-state index contributed by atoms with van der Waals surface area (Å²) >= 11 is 0. The third-order valence-electron chi connectivity index (χ3n) is 2.81. The first-order valence-electron chi connectivity index (χ1n) is 6.40. The molecule has 1 rings (SSSR count). The van der Waals surface area contributed by atoms with Gasteiger partial charge in [-0.2, -0.15) is 0 Å². The molecule has 1 amide bonds. The average Bonchev–Trinajstić information content (AvgIpc) is 2.42. The number of hydrogen-bond acceptors (Lipinski definition) is 3. The van der Waals surface area contributed by atoms with E-state index in [2.05, 4.69) is 12.2 Å². The lowest BCUT2D eigenvalue weighted by molar-refractivity contribution is -0.138. The standard InChI is InChI=1S/C14H20N2O3/c1-2-3-5-10-6-4-7-11(8-10)13(17)16-9-12(15)14(18)19/h4,6-8,12H,2-3,5,9,15H2,1H3,(H,16,17)(H,18,19)/t12-/m1/s1. The highest BCUT2D eigenvalue weighted by molar-refractivity contribution is 5.94. The number of carboxylic acid groups (broad SMARTS) is 1. The molecular weight excluding hydrogens is 244 g/mol. The fourth-order valence-corrected chi connectivity index (χ4v) is 1.64. The lowest BCUT2D eigenvalue weighted by Crippen LogP contribution is -2.42. The highest BCUT2D eigenvalue weighted by Crippen LogP contribution is 2.08. The van der Waals surface area contributed by atoms with Crippen LogP contribution in [0.25, 0.3) is 0 Å². The molecule has 0 aromatic heterocycles. The van der Waals surface area contributed by atoms with Gasteiger partial charge in [-0.15, -0.1) is 0 Å². The Labute approximate surface area is 112 Å². The zero-order valence-electron chi connectivity index (χ0n) is 11.1. The Morgan fingerprint density at radius 1 is 1.42 bits per heavy atom. The first-order chi connectivity index (χ1) is 9.04. The smallest absolute Gasteiger partial charge is 0.322 e. The Morgan fingerprint density at radius 2 is 2.16 bits per heavy atom. The van der Waals surface area contributed by atoms with Gasteiger partial charge in [-0.3, -0.25) is 9.59 Å². The van der Waals surface area contributed by atoms with E-state index in [1.54, 1.807) is 6.07 Å². The van der Waals surface area contributed by atoms with Gasteiger partial charge in [-0.1, -0.05) is 25.5 Å². The van der Waals surface area contributed by atoms with Crippen molar-refractivity contribution in [2.24, 2.45) is 5.73 Å². The van der Waals surface area contributed by atoms with Crippen LogP contribution in [-0.2, 0) is 11.2 Å². The number of amides is 1. The largest absolute Gasteiger partial charge is 0.480 e. The monoisotopic (exact) mass is 264 g/mol. The van der Waals surface area contributed by atoms with E-state index in [9.17, 15) is 9.59 Å². The highest BCUT2D eigenvalue weighted by Gasteiger charge is 2.13. The molecule has 0 spiro atoms. The van der Waals surface area contributed by atoms with Crippen LogP contribution in [0.4, 0.5) is 0 Å². The zero-order valence-corrected chi connectivity index (χ0v) is 11.1. The molecule has 0 aliphatic rings. The summed E-state index contributed by atoms with van der Waals surface area (Å²) in [6, 6.07) is 6.27. The summed E-state index contributed by atoms with van der Waals surface area (Å²) in [6.07, 6.45) is 3.12. The van der Waals surface area contributed by atoms with Gasteiger partial charge in [0.15, 0.2) is 0 Å². The maximum atomic E-state index is 11.8. The molecule has 104 valence electrons. The Balaban J connectivity index is 2.59. The summed E-state index contributed by atoms with van der Waals surface area (Å²) in [5.41, 5.74) is 6.97. The summed E-state index contributed by atoms with van der Waals surface area (Å²) in [5.74, 6) is -1.42. The van der Waals surface area contributed by atoms with Crippen molar-refractivity contribution in [3.63, 3.8) is 0 Å². The van der Waals surface area contributed by atoms with E-state index in [1.165, 1.54) is 0 Å². The molecule has 0 unspecified atom stereocenters. The molecule has 0 bridgehead atoms. The summed E-state index contributed by atoms with van der Waals surface area (Å²) in [7, 11) is 0. The fraction of sp³-hybridized carbons (Fsp3) is 0.429. The molecule has 5 nitrogen and oxygen atoms in total. The Hall–Kier alpha value is -1.88. The van der Waals surface area contributed by atoms with Crippen LogP contribution in [0, 0.1) is 0 Å². The van der Waals surface area contributed by atoms with Crippen molar-refractivity contribution in [3.05, 3.63) is 35.4 Å². The van der Waals surface area contributed by atoms with Crippen LogP contribution in [0.1, 0.15) is 35.7 Å². The molecule has 0 heterocycles. The van der Waals surface area contributed by atoms with E-state index < -0.39 is 12.0 Å². The first kappa shape index (κ1) is 15.2. The van der Waals surface area contributed by atoms with Crippen LogP contribution < -0.4 is 11.1 Å². The number of carboxylic acids is 1. The quantitative estimate of drug-likeness (QED) is 0.689. The highest BCUT2D eigenvalue weighted by atomic mass is 16.4. The number of aliphatic carboxylic acids is 1. The van der Waals surface area contributed by atoms with E-state index in [-0.39, 0.29) is 12.5 Å². The molecule has 1 aromatic carbocycles. The number of nitrogens with one attached hydrogen (secondary N) is 1. The summed E-state index contributed by atoms with van der Waals surface area (Å²) in [6.45, 7) is 2.04. The van der Waals surface area contributed by atoms with Gasteiger partial charge in [-0.25, -0.2) is 0 Å². The van der Waals surface area contributed by atoms with E-state index in [1.807, 2.05) is 18.2 Å². The van der Waals surface area contributed by atoms with Gasteiger partial charge in [0, 0.05) is 12.1 Å². The molecule has 1 aromatic rings. The van der Waals surface area contributed by atoms with Crippen molar-refractivity contribution < 1.29 is 14.7 Å². The lowest BCUT2D eigenvalue weighted by atomic mass is 10.1. The van der Waals surface area contributed by atoms with E-state index >= 15 is 0 Å². The lowest BCUT2D eigenvalue weighted by Gasteiger charge is -2.09. The Kier molecular flexibility index (Phi) is 6.02. The number of nitrogens with two attached hydrogens (primary N) is 1. The summed E-state index contributed by atoms with van der Waals surface area (Å²) in [4.78, 5) is 22.4. The average molecular weight is 264 g/mol. The molecule has 0 fully saturated rings. The van der Waals surface area contributed by atoms with E-state index in [4.69, 9.17) is 10.8 Å². The number of carbonyl (C=O) groups excluding carboxylic acids is 1. The molecule has 0 radical (unpaired) electrons. The predicted molar refractivity (Wildman–Crippen MR) is 73.0 cm³/mol. The second kappa shape index (κ2) is 7.53. The molecule has 0 aliphatic heterocycles. The predicted octanol–water partition coefficient (Wildman–Crippen LogP) is 1.17. The number of hydrogen-bond donors (Lipinski definition) is 3. The number of rotatable bonds is 7. The number of carbonyl (C=O) groups is 2. The van der Waals surface area contributed by atoms with Crippen molar-refractivity contribution in [1.29, 1.82) is 0 Å². The topological polar surface area (TPSA) is 92.4 Å². The van der Waals surface area contributed by atoms with Gasteiger partial charge >= 0.3 is 5.97 Å². The molecule has 0 saturated heterocycles. The van der Waals surface area contributed by atoms with Crippen molar-refractivity contribution >= 4 is 11.9 Å². The zero-order chi connectivity index (χ0) is 14.3. The second-order valence-corrected chi connectivity index (χ2v) is 4.46. The van der Waals surface area contributed by atoms with Gasteiger partial charge in [0.05, 0.1) is 0 Å². The van der Waals surface area contributed by atoms with Crippen molar-refractivity contribution in [2.45, 2.75) is 32.2 Å². The number of unbranched alkanes of at least 4 members (excludes halogenated alkanes) is 1. The van der Waals surface area contributed by atoms with Crippen LogP contribution in [0.3, 0.4) is 0 Å². The van der Waals surface area contributed by atoms with Crippen LogP contribution in [-0.4, -0.2) is 29.6 Å². The maximum Gasteiger partial charge on any atom is 0.322 e. The normalized spacial score (nSPS) is 11.9. The number of benzene rings is 1. The number of aryl methyl sites for hydroxylation is 1. The minimum Gasteiger partial charge on any atom is -0.480 e. The molecule has 1 atom stereocenters. The van der Waals surface area contributed by atoms with Crippen LogP contribution in [0.2, 0.25) is 0 Å². The third-order valence-corrected chi connectivity index (χ3v) is 2.81. The van der Waals surface area contributed by atoms with Crippen molar-refractivity contribution in [3.8, 4) is 0 Å². The first-order valence-corrected chi connectivity index (χ1v) is 6.40. The second-order valence-electron chi connectivity index (χ2n) is 4.46. The van der Waals surface area contributed by atoms with Gasteiger partial charge in [0.25, 0.3) is 5.91 Å². The van der Waals surface area contributed by atoms with Crippen LogP contribution in [0.15, 0.2) is 24.3 Å². The van der Waals surface area contributed by atoms with Gasteiger partial charge < -0.3 is 16.2 Å². The molecule has 4 N–H and O–H groups in total. The van der Waals surface area contributed by atoms with Gasteiger partial charge in [-0.05, 0) is 30.5 Å². The van der Waals surface area contributed by atoms with Crippen LogP contribution in [0.5, 0.6) is 0 Å². The summed E-state index contributed by atoms with van der Waals surface area (Å²) in [5, 5.41) is 11.1. The molecular formula is C14H20N2O3. The molecule has 19 heavy (non-hydrogen) atoms. The third kappa shape index (κ3) is 5.09. The Bertz CT molecular complexity index is 446. The fourth-order valence-electron chi connectivity index (χ4n) is 1.64. The van der Waals surface area contributed by atoms with Crippen LogP contribution >= 0.6 is 0 Å². The van der Waals surface area contributed by atoms with Crippen molar-refractivity contribution in [2.75, 3.05) is 6.54 Å². The van der Waals surface area contributed by atoms with E-state index in [0.717, 1.165) is 24.8 Å². The van der Waals surface area contributed by atoms with Crippen molar-refractivity contribution in [1.82, 2.24) is 5.32 Å². The minimum atomic E-state index is -1.13. The summed E-state index contributed by atoms with van der Waals surface area (Å²) < 4.78 is 0. The molecule has 5 heteroatoms. The van der Waals surface area contributed by atoms with Gasteiger partial charge in [0.2, 0.25) is 0 Å². The molecule has 0 saturated carbocycles. The molecule has 0 aliphatic carbocycles. The Morgan fingerprint density at radius 3 is 2.79 bits per heavy atom.